The van der Waals surface area contributed by atoms with Gasteiger partial charge in [-0.3, -0.25) is 14.2 Å². The van der Waals surface area contributed by atoms with Crippen molar-refractivity contribution in [1.29, 1.82) is 0 Å². The minimum atomic E-state index is 0.120. The highest BCUT2D eigenvalue weighted by atomic mass is 16.5. The molecule has 1 saturated carbocycles. The Morgan fingerprint density at radius 3 is 2.86 bits per heavy atom. The van der Waals surface area contributed by atoms with E-state index in [2.05, 4.69) is 9.78 Å². The summed E-state index contributed by atoms with van der Waals surface area (Å²) >= 11 is 0. The molecule has 1 aliphatic heterocycles. The van der Waals surface area contributed by atoms with Crippen LogP contribution in [0.4, 0.5) is 0 Å². The minimum absolute atomic E-state index is 0.120. The number of aromatic nitrogens is 4. The average molecular weight is 386 g/mol. The molecule has 0 saturated heterocycles. The molecule has 2 aromatic rings. The summed E-state index contributed by atoms with van der Waals surface area (Å²) in [6, 6.07) is 1.91. The van der Waals surface area contributed by atoms with Crippen LogP contribution in [-0.4, -0.2) is 50.1 Å². The largest absolute Gasteiger partial charge is 0.381 e. The topological polar surface area (TPSA) is 65.2 Å². The molecule has 7 heteroatoms. The lowest BCUT2D eigenvalue weighted by Gasteiger charge is -2.33. The third-order valence-corrected chi connectivity index (χ3v) is 6.03. The van der Waals surface area contributed by atoms with Crippen molar-refractivity contribution < 1.29 is 9.53 Å². The molecule has 28 heavy (non-hydrogen) atoms. The van der Waals surface area contributed by atoms with E-state index < -0.39 is 0 Å². The molecule has 0 bridgehead atoms. The molecule has 4 rings (SSSR count). The Labute approximate surface area is 166 Å². The number of hydrogen-bond acceptors (Lipinski definition) is 4. The van der Waals surface area contributed by atoms with Gasteiger partial charge in [-0.1, -0.05) is 12.8 Å². The maximum atomic E-state index is 12.9. The molecule has 2 aromatic heterocycles. The van der Waals surface area contributed by atoms with Gasteiger partial charge in [-0.05, 0) is 31.7 Å². The van der Waals surface area contributed by atoms with Crippen LogP contribution in [0.5, 0.6) is 0 Å². The van der Waals surface area contributed by atoms with Gasteiger partial charge in [0.25, 0.3) is 0 Å². The molecule has 152 valence electrons. The number of carbonyl (C=O) groups is 1. The molecule has 2 aliphatic rings. The fourth-order valence-corrected chi connectivity index (χ4v) is 4.64. The summed E-state index contributed by atoms with van der Waals surface area (Å²) in [5, 5.41) is 9.06. The number of hydrogen-bond donors (Lipinski definition) is 0. The average Bonchev–Trinajstić information content (AvgIpc) is 3.42. The second kappa shape index (κ2) is 8.47. The van der Waals surface area contributed by atoms with Crippen LogP contribution < -0.4 is 0 Å². The number of nitrogens with zero attached hydrogens (tertiary/aromatic N) is 5. The zero-order chi connectivity index (χ0) is 19.5. The molecule has 7 nitrogen and oxygen atoms in total. The van der Waals surface area contributed by atoms with E-state index in [0.29, 0.717) is 32.7 Å². The Morgan fingerprint density at radius 1 is 1.32 bits per heavy atom. The number of carbonyl (C=O) groups excluding carboxylic acids is 1. The lowest BCUT2D eigenvalue weighted by atomic mass is 9.96. The lowest BCUT2D eigenvalue weighted by Crippen LogP contribution is -2.41. The van der Waals surface area contributed by atoms with E-state index in [0.717, 1.165) is 18.2 Å². The molecule has 1 fully saturated rings. The zero-order valence-corrected chi connectivity index (χ0v) is 17.0. The van der Waals surface area contributed by atoms with Crippen molar-refractivity contribution >= 4 is 5.91 Å². The van der Waals surface area contributed by atoms with E-state index in [1.165, 1.54) is 36.9 Å². The molecule has 0 unspecified atom stereocenters. The standard InChI is InChI=1S/C21H31N5O2/c1-3-28-15-18-14-25(20(27)10-19-8-9-24(2)23-19)13-17-11-22-26(21(17)18)12-16-6-4-5-7-16/h8-9,11,16,18H,3-7,10,12-15H2,1-2H3/t18-/m0/s1. The number of fused-ring (bicyclic) bond motifs is 1. The second-order valence-corrected chi connectivity index (χ2v) is 8.18. The van der Waals surface area contributed by atoms with Gasteiger partial charge in [-0.2, -0.15) is 10.2 Å². The summed E-state index contributed by atoms with van der Waals surface area (Å²) in [7, 11) is 1.87. The fourth-order valence-electron chi connectivity index (χ4n) is 4.64. The van der Waals surface area contributed by atoms with Crippen LogP contribution in [-0.2, 0) is 36.1 Å². The fraction of sp³-hybridized carbons (Fsp3) is 0.667. The van der Waals surface area contributed by atoms with Crippen molar-refractivity contribution in [3.63, 3.8) is 0 Å². The summed E-state index contributed by atoms with van der Waals surface area (Å²) < 4.78 is 9.72. The van der Waals surface area contributed by atoms with Gasteiger partial charge in [0, 0.05) is 51.0 Å². The first-order valence-corrected chi connectivity index (χ1v) is 10.5. The van der Waals surface area contributed by atoms with Gasteiger partial charge in [0.05, 0.1) is 30.6 Å². The summed E-state index contributed by atoms with van der Waals surface area (Å²) in [5.74, 6) is 1.04. The van der Waals surface area contributed by atoms with E-state index in [1.807, 2.05) is 37.3 Å². The highest BCUT2D eigenvalue weighted by Gasteiger charge is 2.32. The maximum absolute atomic E-state index is 12.9. The molecular weight excluding hydrogens is 354 g/mol. The van der Waals surface area contributed by atoms with Gasteiger partial charge in [0.2, 0.25) is 5.91 Å². The first kappa shape index (κ1) is 19.2. The molecule has 0 N–H and O–H groups in total. The number of amides is 1. The molecule has 0 radical (unpaired) electrons. The Hall–Kier alpha value is -2.15. The Bertz CT molecular complexity index is 806. The van der Waals surface area contributed by atoms with E-state index in [9.17, 15) is 4.79 Å². The highest BCUT2D eigenvalue weighted by molar-refractivity contribution is 5.78. The normalized spacial score (nSPS) is 19.9. The molecule has 1 atom stereocenters. The summed E-state index contributed by atoms with van der Waals surface area (Å²) in [6.07, 6.45) is 9.47. The Morgan fingerprint density at radius 2 is 2.14 bits per heavy atom. The molecule has 3 heterocycles. The van der Waals surface area contributed by atoms with E-state index in [-0.39, 0.29) is 11.8 Å². The summed E-state index contributed by atoms with van der Waals surface area (Å²) in [6.45, 7) is 5.66. The predicted molar refractivity (Wildman–Crippen MR) is 106 cm³/mol. The quantitative estimate of drug-likeness (QED) is 0.735. The third-order valence-electron chi connectivity index (χ3n) is 6.03. The van der Waals surface area contributed by atoms with Crippen LogP contribution >= 0.6 is 0 Å². The van der Waals surface area contributed by atoms with E-state index in [1.54, 1.807) is 4.68 Å². The monoisotopic (exact) mass is 385 g/mol. The number of rotatable bonds is 7. The van der Waals surface area contributed by atoms with Crippen LogP contribution in [0, 0.1) is 5.92 Å². The van der Waals surface area contributed by atoms with Gasteiger partial charge >= 0.3 is 0 Å². The van der Waals surface area contributed by atoms with Gasteiger partial charge in [0.1, 0.15) is 0 Å². The second-order valence-electron chi connectivity index (χ2n) is 8.18. The summed E-state index contributed by atoms with van der Waals surface area (Å²) in [4.78, 5) is 14.8. The van der Waals surface area contributed by atoms with Crippen LogP contribution in [0.3, 0.4) is 0 Å². The van der Waals surface area contributed by atoms with Gasteiger partial charge in [0.15, 0.2) is 0 Å². The first-order valence-electron chi connectivity index (χ1n) is 10.5. The van der Waals surface area contributed by atoms with Crippen molar-refractivity contribution in [2.24, 2.45) is 13.0 Å². The van der Waals surface area contributed by atoms with Gasteiger partial charge in [-0.25, -0.2) is 0 Å². The SMILES string of the molecule is CCOC[C@@H]1CN(C(=O)Cc2ccn(C)n2)Cc2cnn(CC3CCCC3)c21. The molecule has 0 aromatic carbocycles. The maximum Gasteiger partial charge on any atom is 0.228 e. The van der Waals surface area contributed by atoms with Crippen LogP contribution in [0.1, 0.15) is 55.5 Å². The summed E-state index contributed by atoms with van der Waals surface area (Å²) in [5.41, 5.74) is 3.27. The van der Waals surface area contributed by atoms with Crippen LogP contribution in [0.15, 0.2) is 18.5 Å². The first-order chi connectivity index (χ1) is 13.6. The van der Waals surface area contributed by atoms with Gasteiger partial charge in [-0.15, -0.1) is 0 Å². The van der Waals surface area contributed by atoms with Gasteiger partial charge < -0.3 is 9.64 Å². The Balaban J connectivity index is 1.51. The highest BCUT2D eigenvalue weighted by Crippen LogP contribution is 2.32. The minimum Gasteiger partial charge on any atom is -0.381 e. The number of aryl methyl sites for hydroxylation is 1. The Kier molecular flexibility index (Phi) is 5.80. The van der Waals surface area contributed by atoms with Crippen molar-refractivity contribution in [3.8, 4) is 0 Å². The van der Waals surface area contributed by atoms with Crippen LogP contribution in [0.25, 0.3) is 0 Å². The molecule has 1 amide bonds. The molecular formula is C21H31N5O2. The van der Waals surface area contributed by atoms with E-state index in [4.69, 9.17) is 9.84 Å². The molecule has 0 spiro atoms. The van der Waals surface area contributed by atoms with Crippen molar-refractivity contribution in [2.75, 3.05) is 19.8 Å². The number of ether oxygens (including phenoxy) is 1. The van der Waals surface area contributed by atoms with Crippen LogP contribution in [0.2, 0.25) is 0 Å². The third kappa shape index (κ3) is 4.14. The van der Waals surface area contributed by atoms with Crippen molar-refractivity contribution in [1.82, 2.24) is 24.5 Å². The van der Waals surface area contributed by atoms with Crippen molar-refractivity contribution in [3.05, 3.63) is 35.4 Å². The van der Waals surface area contributed by atoms with Crippen molar-refractivity contribution in [2.45, 2.75) is 58.0 Å². The predicted octanol–water partition coefficient (Wildman–Crippen LogP) is 2.51. The molecule has 1 aliphatic carbocycles. The zero-order valence-electron chi connectivity index (χ0n) is 17.0. The lowest BCUT2D eigenvalue weighted by molar-refractivity contribution is -0.132. The smallest absolute Gasteiger partial charge is 0.228 e. The van der Waals surface area contributed by atoms with E-state index >= 15 is 0 Å².